The third-order valence-corrected chi connectivity index (χ3v) is 1.82. The van der Waals surface area contributed by atoms with Gasteiger partial charge in [0.05, 0.1) is 0 Å². The van der Waals surface area contributed by atoms with Gasteiger partial charge in [0.1, 0.15) is 12.4 Å². The Balaban J connectivity index is 2.44. The van der Waals surface area contributed by atoms with E-state index in [1.807, 2.05) is 11.3 Å². The summed E-state index contributed by atoms with van der Waals surface area (Å²) < 4.78 is 7.14. The fourth-order valence-corrected chi connectivity index (χ4v) is 1.18. The third kappa shape index (κ3) is 1.39. The first-order valence-corrected chi connectivity index (χ1v) is 4.32. The molecule has 0 aliphatic carbocycles. The maximum atomic E-state index is 5.33. The minimum atomic E-state index is 0.429. The molecule has 14 heavy (non-hydrogen) atoms. The van der Waals surface area contributed by atoms with E-state index in [1.165, 1.54) is 0 Å². The summed E-state index contributed by atoms with van der Waals surface area (Å²) in [4.78, 5) is 4.06. The van der Waals surface area contributed by atoms with Crippen molar-refractivity contribution >= 4 is 5.65 Å². The maximum Gasteiger partial charge on any atom is 0.260 e. The molecule has 0 fully saturated rings. The van der Waals surface area contributed by atoms with Crippen LogP contribution in [0.1, 0.15) is 5.82 Å². The van der Waals surface area contributed by atoms with Crippen LogP contribution in [-0.2, 0) is 0 Å². The van der Waals surface area contributed by atoms with Crippen LogP contribution in [0, 0.1) is 6.92 Å². The summed E-state index contributed by atoms with van der Waals surface area (Å²) in [6, 6.07) is 0. The highest BCUT2D eigenvalue weighted by molar-refractivity contribution is 5.48. The van der Waals surface area contributed by atoms with Crippen molar-refractivity contribution in [1.29, 1.82) is 0 Å². The lowest BCUT2D eigenvalue weighted by Gasteiger charge is -2.03. The Morgan fingerprint density at radius 3 is 3.14 bits per heavy atom. The SMILES string of the molecule is Cc1nnc2c(OCCN)nccn12. The maximum absolute atomic E-state index is 5.33. The molecular formula is C8H11N5O. The van der Waals surface area contributed by atoms with Gasteiger partial charge in [-0.05, 0) is 6.92 Å². The molecule has 2 heterocycles. The summed E-state index contributed by atoms with van der Waals surface area (Å²) in [5.41, 5.74) is 5.95. The van der Waals surface area contributed by atoms with Gasteiger partial charge in [0.15, 0.2) is 0 Å². The van der Waals surface area contributed by atoms with Gasteiger partial charge in [0.25, 0.3) is 5.88 Å². The monoisotopic (exact) mass is 193 g/mol. The van der Waals surface area contributed by atoms with Crippen molar-refractivity contribution in [2.24, 2.45) is 5.73 Å². The molecule has 0 atom stereocenters. The molecule has 2 rings (SSSR count). The molecule has 6 heteroatoms. The molecule has 0 spiro atoms. The zero-order valence-electron chi connectivity index (χ0n) is 7.84. The van der Waals surface area contributed by atoms with Crippen molar-refractivity contribution in [3.63, 3.8) is 0 Å². The Hall–Kier alpha value is -1.69. The summed E-state index contributed by atoms with van der Waals surface area (Å²) in [7, 11) is 0. The molecular weight excluding hydrogens is 182 g/mol. The topological polar surface area (TPSA) is 78.3 Å². The van der Waals surface area contributed by atoms with Gasteiger partial charge in [-0.25, -0.2) is 4.98 Å². The number of hydrogen-bond donors (Lipinski definition) is 1. The lowest BCUT2D eigenvalue weighted by atomic mass is 10.6. The second kappa shape index (κ2) is 3.59. The van der Waals surface area contributed by atoms with Crippen molar-refractivity contribution in [3.05, 3.63) is 18.2 Å². The van der Waals surface area contributed by atoms with Crippen molar-refractivity contribution in [2.45, 2.75) is 6.92 Å². The van der Waals surface area contributed by atoms with E-state index in [-0.39, 0.29) is 0 Å². The number of rotatable bonds is 3. The number of nitrogens with two attached hydrogens (primary N) is 1. The second-order valence-corrected chi connectivity index (χ2v) is 2.81. The van der Waals surface area contributed by atoms with Crippen molar-refractivity contribution < 1.29 is 4.74 Å². The number of fused-ring (bicyclic) bond motifs is 1. The van der Waals surface area contributed by atoms with Crippen LogP contribution in [0.5, 0.6) is 5.88 Å². The minimum Gasteiger partial charge on any atom is -0.474 e. The Bertz CT molecular complexity index is 438. The molecule has 2 aromatic heterocycles. The smallest absolute Gasteiger partial charge is 0.260 e. The predicted octanol–water partition coefficient (Wildman–Crippen LogP) is -0.230. The normalized spacial score (nSPS) is 10.7. The van der Waals surface area contributed by atoms with Crippen LogP contribution in [0.15, 0.2) is 12.4 Å². The highest BCUT2D eigenvalue weighted by Crippen LogP contribution is 2.13. The molecule has 0 saturated heterocycles. The summed E-state index contributed by atoms with van der Waals surface area (Å²) in [6.07, 6.45) is 3.44. The average molecular weight is 193 g/mol. The third-order valence-electron chi connectivity index (χ3n) is 1.82. The Kier molecular flexibility index (Phi) is 2.28. The molecule has 2 N–H and O–H groups in total. The largest absolute Gasteiger partial charge is 0.474 e. The molecule has 2 aromatic rings. The van der Waals surface area contributed by atoms with E-state index >= 15 is 0 Å². The lowest BCUT2D eigenvalue weighted by Crippen LogP contribution is -2.11. The number of nitrogens with zero attached hydrogens (tertiary/aromatic N) is 4. The van der Waals surface area contributed by atoms with Gasteiger partial charge in [0.2, 0.25) is 5.65 Å². The molecule has 0 amide bonds. The van der Waals surface area contributed by atoms with Crippen LogP contribution in [0.3, 0.4) is 0 Å². The summed E-state index contributed by atoms with van der Waals surface area (Å²) in [5, 5.41) is 7.88. The lowest BCUT2D eigenvalue weighted by molar-refractivity contribution is 0.317. The molecule has 0 radical (unpaired) electrons. The van der Waals surface area contributed by atoms with Crippen LogP contribution in [-0.4, -0.2) is 32.7 Å². The van der Waals surface area contributed by atoms with Crippen LogP contribution in [0.2, 0.25) is 0 Å². The standard InChI is InChI=1S/C8H11N5O/c1-6-11-12-7-8(14-5-2-9)10-3-4-13(6)7/h3-4H,2,5,9H2,1H3. The van der Waals surface area contributed by atoms with E-state index in [0.29, 0.717) is 24.7 Å². The zero-order chi connectivity index (χ0) is 9.97. The van der Waals surface area contributed by atoms with E-state index in [9.17, 15) is 0 Å². The molecule has 0 aromatic carbocycles. The number of hydrogen-bond acceptors (Lipinski definition) is 5. The highest BCUT2D eigenvalue weighted by Gasteiger charge is 2.07. The van der Waals surface area contributed by atoms with Gasteiger partial charge in [-0.15, -0.1) is 10.2 Å². The summed E-state index contributed by atoms with van der Waals surface area (Å²) >= 11 is 0. The van der Waals surface area contributed by atoms with Gasteiger partial charge in [-0.2, -0.15) is 0 Å². The molecule has 6 nitrogen and oxygen atoms in total. The Morgan fingerprint density at radius 2 is 2.36 bits per heavy atom. The molecule has 0 aliphatic rings. The predicted molar refractivity (Wildman–Crippen MR) is 50.1 cm³/mol. The Labute approximate surface area is 80.7 Å². The first kappa shape index (κ1) is 8.89. The fraction of sp³-hybridized carbons (Fsp3) is 0.375. The summed E-state index contributed by atoms with van der Waals surface area (Å²) in [5.74, 6) is 1.28. The van der Waals surface area contributed by atoms with E-state index in [2.05, 4.69) is 15.2 Å². The van der Waals surface area contributed by atoms with Gasteiger partial charge < -0.3 is 10.5 Å². The molecule has 0 bridgehead atoms. The van der Waals surface area contributed by atoms with Crippen molar-refractivity contribution in [3.8, 4) is 5.88 Å². The van der Waals surface area contributed by atoms with Gasteiger partial charge in [-0.1, -0.05) is 0 Å². The van der Waals surface area contributed by atoms with Crippen LogP contribution >= 0.6 is 0 Å². The molecule has 0 saturated carbocycles. The molecule has 0 unspecified atom stereocenters. The van der Waals surface area contributed by atoms with Gasteiger partial charge in [-0.3, -0.25) is 4.40 Å². The molecule has 0 aliphatic heterocycles. The average Bonchev–Trinajstić information content (AvgIpc) is 2.58. The van der Waals surface area contributed by atoms with Crippen LogP contribution in [0.25, 0.3) is 5.65 Å². The first-order valence-electron chi connectivity index (χ1n) is 4.32. The number of aromatic nitrogens is 4. The van der Waals surface area contributed by atoms with E-state index in [1.54, 1.807) is 12.4 Å². The van der Waals surface area contributed by atoms with Gasteiger partial charge >= 0.3 is 0 Å². The number of ether oxygens (including phenoxy) is 1. The van der Waals surface area contributed by atoms with Crippen molar-refractivity contribution in [2.75, 3.05) is 13.2 Å². The number of aryl methyl sites for hydroxylation is 1. The van der Waals surface area contributed by atoms with E-state index in [4.69, 9.17) is 10.5 Å². The highest BCUT2D eigenvalue weighted by atomic mass is 16.5. The first-order chi connectivity index (χ1) is 6.83. The van der Waals surface area contributed by atoms with Crippen LogP contribution in [0.4, 0.5) is 0 Å². The second-order valence-electron chi connectivity index (χ2n) is 2.81. The fourth-order valence-electron chi connectivity index (χ4n) is 1.18. The van der Waals surface area contributed by atoms with Crippen molar-refractivity contribution in [1.82, 2.24) is 19.6 Å². The Morgan fingerprint density at radius 1 is 1.50 bits per heavy atom. The van der Waals surface area contributed by atoms with Gasteiger partial charge in [0, 0.05) is 18.9 Å². The van der Waals surface area contributed by atoms with E-state index < -0.39 is 0 Å². The quantitative estimate of drug-likeness (QED) is 0.728. The minimum absolute atomic E-state index is 0.429. The zero-order valence-corrected chi connectivity index (χ0v) is 7.84. The molecule has 74 valence electrons. The van der Waals surface area contributed by atoms with E-state index in [0.717, 1.165) is 5.82 Å². The van der Waals surface area contributed by atoms with Crippen LogP contribution < -0.4 is 10.5 Å². The summed E-state index contributed by atoms with van der Waals surface area (Å²) in [6.45, 7) is 2.75.